The number of anilines is 1. The van der Waals surface area contributed by atoms with E-state index in [0.717, 1.165) is 0 Å². The van der Waals surface area contributed by atoms with Gasteiger partial charge in [-0.2, -0.15) is 5.26 Å². The van der Waals surface area contributed by atoms with Crippen LogP contribution in [0.1, 0.15) is 22.8 Å². The number of amides is 1. The first-order chi connectivity index (χ1) is 12.0. The van der Waals surface area contributed by atoms with E-state index in [1.807, 2.05) is 13.0 Å². The molecule has 0 saturated carbocycles. The number of nitriles is 1. The standard InChI is InChI=1S/C19H16N2O4/c1-2-25-17-6-4-3-5-14(17)11-15(12-20)18(22)21-16-9-7-13(8-10-16)19(23)24/h3-11H,2H2,1H3,(H,21,22)(H,23,24)/p-1/b15-11+. The Morgan fingerprint density at radius 3 is 2.48 bits per heavy atom. The van der Waals surface area contributed by atoms with Crippen molar-refractivity contribution in [3.8, 4) is 11.8 Å². The molecule has 126 valence electrons. The fourth-order valence-electron chi connectivity index (χ4n) is 2.08. The van der Waals surface area contributed by atoms with Crippen LogP contribution in [0.3, 0.4) is 0 Å². The van der Waals surface area contributed by atoms with Crippen LogP contribution in [0.5, 0.6) is 5.75 Å². The summed E-state index contributed by atoms with van der Waals surface area (Å²) in [4.78, 5) is 23.0. The lowest BCUT2D eigenvalue weighted by Crippen LogP contribution is -2.22. The number of carbonyl (C=O) groups excluding carboxylic acids is 2. The van der Waals surface area contributed by atoms with Gasteiger partial charge in [0.2, 0.25) is 0 Å². The first kappa shape index (κ1) is 17.8. The van der Waals surface area contributed by atoms with Gasteiger partial charge in [0.1, 0.15) is 17.4 Å². The zero-order chi connectivity index (χ0) is 18.2. The van der Waals surface area contributed by atoms with E-state index in [0.29, 0.717) is 23.6 Å². The molecule has 0 aliphatic rings. The molecule has 0 bridgehead atoms. The van der Waals surface area contributed by atoms with Crippen LogP contribution in [-0.2, 0) is 4.79 Å². The van der Waals surface area contributed by atoms with Crippen LogP contribution in [0.15, 0.2) is 54.1 Å². The average Bonchev–Trinajstić information content (AvgIpc) is 2.61. The van der Waals surface area contributed by atoms with E-state index in [-0.39, 0.29) is 11.1 Å². The molecule has 0 spiro atoms. The highest BCUT2D eigenvalue weighted by Crippen LogP contribution is 2.21. The topological polar surface area (TPSA) is 102 Å². The van der Waals surface area contributed by atoms with E-state index in [9.17, 15) is 20.0 Å². The lowest BCUT2D eigenvalue weighted by molar-refractivity contribution is -0.255. The number of benzene rings is 2. The summed E-state index contributed by atoms with van der Waals surface area (Å²) in [5.41, 5.74) is 0.883. The number of carboxylic acids is 1. The van der Waals surface area contributed by atoms with Crippen molar-refractivity contribution in [2.24, 2.45) is 0 Å². The van der Waals surface area contributed by atoms with E-state index in [2.05, 4.69) is 5.32 Å². The third-order valence-electron chi connectivity index (χ3n) is 3.26. The Balaban J connectivity index is 2.21. The second kappa shape index (κ2) is 8.31. The summed E-state index contributed by atoms with van der Waals surface area (Å²) in [7, 11) is 0. The van der Waals surface area contributed by atoms with Crippen molar-refractivity contribution in [1.29, 1.82) is 5.26 Å². The Hall–Kier alpha value is -3.59. The number of rotatable bonds is 6. The SMILES string of the molecule is CCOc1ccccc1/C=C(\C#N)C(=O)Nc1ccc(C(=O)[O-])cc1. The summed E-state index contributed by atoms with van der Waals surface area (Å²) >= 11 is 0. The van der Waals surface area contributed by atoms with Crippen molar-refractivity contribution in [1.82, 2.24) is 0 Å². The maximum Gasteiger partial charge on any atom is 0.266 e. The molecular weight excluding hydrogens is 320 g/mol. The van der Waals surface area contributed by atoms with Gasteiger partial charge in [0.05, 0.1) is 12.6 Å². The molecular formula is C19H15N2O4-. The van der Waals surface area contributed by atoms with Gasteiger partial charge in [0.15, 0.2) is 0 Å². The Labute approximate surface area is 145 Å². The minimum absolute atomic E-state index is 0.000288. The van der Waals surface area contributed by atoms with Gasteiger partial charge < -0.3 is 20.0 Å². The zero-order valence-corrected chi connectivity index (χ0v) is 13.5. The minimum Gasteiger partial charge on any atom is -0.545 e. The lowest BCUT2D eigenvalue weighted by Gasteiger charge is -2.08. The summed E-state index contributed by atoms with van der Waals surface area (Å²) in [6, 6.07) is 14.4. The van der Waals surface area contributed by atoms with Crippen LogP contribution in [0, 0.1) is 11.3 Å². The van der Waals surface area contributed by atoms with Crippen LogP contribution in [0.25, 0.3) is 6.08 Å². The number of hydrogen-bond donors (Lipinski definition) is 1. The monoisotopic (exact) mass is 335 g/mol. The Morgan fingerprint density at radius 2 is 1.88 bits per heavy atom. The zero-order valence-electron chi connectivity index (χ0n) is 13.5. The van der Waals surface area contributed by atoms with E-state index in [1.54, 1.807) is 24.3 Å². The molecule has 0 fully saturated rings. The van der Waals surface area contributed by atoms with Gasteiger partial charge in [-0.3, -0.25) is 4.79 Å². The first-order valence-electron chi connectivity index (χ1n) is 7.51. The van der Waals surface area contributed by atoms with Gasteiger partial charge in [-0.1, -0.05) is 30.3 Å². The summed E-state index contributed by atoms with van der Waals surface area (Å²) in [5, 5.41) is 22.5. The Morgan fingerprint density at radius 1 is 1.20 bits per heavy atom. The van der Waals surface area contributed by atoms with E-state index in [1.165, 1.54) is 30.3 Å². The predicted octanol–water partition coefficient (Wildman–Crippen LogP) is 1.99. The molecule has 6 nitrogen and oxygen atoms in total. The fraction of sp³-hybridized carbons (Fsp3) is 0.105. The van der Waals surface area contributed by atoms with Gasteiger partial charge in [-0.05, 0) is 36.8 Å². The van der Waals surface area contributed by atoms with Crippen LogP contribution in [0.2, 0.25) is 0 Å². The normalized spacial score (nSPS) is 10.6. The Bertz CT molecular complexity index is 848. The van der Waals surface area contributed by atoms with Gasteiger partial charge >= 0.3 is 0 Å². The largest absolute Gasteiger partial charge is 0.545 e. The maximum absolute atomic E-state index is 12.3. The second-order valence-electron chi connectivity index (χ2n) is 4.96. The number of carboxylic acid groups (broad SMARTS) is 1. The number of ether oxygens (including phenoxy) is 1. The molecule has 1 N–H and O–H groups in total. The van der Waals surface area contributed by atoms with Crippen molar-refractivity contribution in [2.75, 3.05) is 11.9 Å². The van der Waals surface area contributed by atoms with Crippen LogP contribution in [-0.4, -0.2) is 18.5 Å². The molecule has 0 aliphatic carbocycles. The van der Waals surface area contributed by atoms with Crippen molar-refractivity contribution in [3.05, 3.63) is 65.2 Å². The van der Waals surface area contributed by atoms with Crippen LogP contribution >= 0.6 is 0 Å². The highest BCUT2D eigenvalue weighted by atomic mass is 16.5. The molecule has 25 heavy (non-hydrogen) atoms. The molecule has 1 amide bonds. The number of carbonyl (C=O) groups is 2. The molecule has 2 aromatic rings. The molecule has 2 rings (SSSR count). The smallest absolute Gasteiger partial charge is 0.266 e. The first-order valence-corrected chi connectivity index (χ1v) is 7.51. The van der Waals surface area contributed by atoms with Crippen molar-refractivity contribution in [2.45, 2.75) is 6.92 Å². The highest BCUT2D eigenvalue weighted by molar-refractivity contribution is 6.09. The number of nitrogens with zero attached hydrogens (tertiary/aromatic N) is 1. The number of aromatic carboxylic acids is 1. The average molecular weight is 335 g/mol. The summed E-state index contributed by atoms with van der Waals surface area (Å²) in [5.74, 6) is -1.33. The third-order valence-corrected chi connectivity index (χ3v) is 3.26. The third kappa shape index (κ3) is 4.69. The molecule has 2 aromatic carbocycles. The molecule has 0 aromatic heterocycles. The maximum atomic E-state index is 12.3. The van der Waals surface area contributed by atoms with Gasteiger partial charge in [-0.25, -0.2) is 0 Å². The summed E-state index contributed by atoms with van der Waals surface area (Å²) in [6.45, 7) is 2.30. The van der Waals surface area contributed by atoms with Crippen LogP contribution in [0.4, 0.5) is 5.69 Å². The molecule has 0 aliphatic heterocycles. The molecule has 0 radical (unpaired) electrons. The lowest BCUT2D eigenvalue weighted by atomic mass is 10.1. The molecule has 0 unspecified atom stereocenters. The Kier molecular flexibility index (Phi) is 5.91. The van der Waals surface area contributed by atoms with Crippen molar-refractivity contribution >= 4 is 23.6 Å². The quantitative estimate of drug-likeness (QED) is 0.642. The van der Waals surface area contributed by atoms with E-state index < -0.39 is 11.9 Å². The van der Waals surface area contributed by atoms with Crippen LogP contribution < -0.4 is 15.2 Å². The molecule has 0 atom stereocenters. The molecule has 0 saturated heterocycles. The number of para-hydroxylation sites is 1. The van der Waals surface area contributed by atoms with Gasteiger partial charge in [0.25, 0.3) is 5.91 Å². The van der Waals surface area contributed by atoms with Crippen molar-refractivity contribution in [3.63, 3.8) is 0 Å². The summed E-state index contributed by atoms with van der Waals surface area (Å²) in [6.07, 6.45) is 1.44. The molecule has 6 heteroatoms. The summed E-state index contributed by atoms with van der Waals surface area (Å²) < 4.78 is 5.47. The number of nitrogens with one attached hydrogen (secondary N) is 1. The number of hydrogen-bond acceptors (Lipinski definition) is 5. The van der Waals surface area contributed by atoms with E-state index in [4.69, 9.17) is 4.74 Å². The van der Waals surface area contributed by atoms with E-state index >= 15 is 0 Å². The highest BCUT2D eigenvalue weighted by Gasteiger charge is 2.11. The second-order valence-corrected chi connectivity index (χ2v) is 4.96. The predicted molar refractivity (Wildman–Crippen MR) is 90.6 cm³/mol. The fourth-order valence-corrected chi connectivity index (χ4v) is 2.08. The minimum atomic E-state index is -1.30. The van der Waals surface area contributed by atoms with Gasteiger partial charge in [-0.15, -0.1) is 0 Å². The van der Waals surface area contributed by atoms with Crippen molar-refractivity contribution < 1.29 is 19.4 Å². The van der Waals surface area contributed by atoms with Gasteiger partial charge in [0, 0.05) is 11.3 Å². The molecule has 0 heterocycles.